The molecule has 2 saturated carbocycles. The minimum Gasteiger partial charge on any atom is -0.375 e. The van der Waals surface area contributed by atoms with E-state index in [-0.39, 0.29) is 0 Å². The Morgan fingerprint density at radius 1 is 0.733 bits per heavy atom. The van der Waals surface area contributed by atoms with Gasteiger partial charge in [0.25, 0.3) is 0 Å². The van der Waals surface area contributed by atoms with Crippen molar-refractivity contribution < 1.29 is 4.74 Å². The molecule has 1 heteroatoms. The number of allylic oxidation sites excluding steroid dienone is 2. The lowest BCUT2D eigenvalue weighted by atomic mass is 10.2. The summed E-state index contributed by atoms with van der Waals surface area (Å²) in [5.74, 6) is 0. The molecule has 0 aliphatic heterocycles. The molecule has 2 aliphatic carbocycles. The van der Waals surface area contributed by atoms with Crippen molar-refractivity contribution in [3.8, 4) is 0 Å². The van der Waals surface area contributed by atoms with Crippen LogP contribution < -0.4 is 0 Å². The molecule has 0 atom stereocenters. The molecule has 0 spiro atoms. The van der Waals surface area contributed by atoms with Gasteiger partial charge in [-0.05, 0) is 25.7 Å². The standard InChI is InChI=1S/C10H18O.C4H6/c1-2-6-9(5-1)11-10-7-3-4-8-10;1-3-4-2/h9-10H,1-8H2;3-4H,1-2H2. The van der Waals surface area contributed by atoms with Crippen LogP contribution in [0.5, 0.6) is 0 Å². The average Bonchev–Trinajstić information content (AvgIpc) is 2.92. The van der Waals surface area contributed by atoms with Crippen LogP contribution in [0, 0.1) is 0 Å². The summed E-state index contributed by atoms with van der Waals surface area (Å²) < 4.78 is 5.97. The molecule has 0 unspecified atom stereocenters. The summed E-state index contributed by atoms with van der Waals surface area (Å²) in [5.41, 5.74) is 0. The summed E-state index contributed by atoms with van der Waals surface area (Å²) in [7, 11) is 0. The zero-order valence-electron chi connectivity index (χ0n) is 9.79. The molecule has 0 amide bonds. The highest BCUT2D eigenvalue weighted by Crippen LogP contribution is 2.28. The van der Waals surface area contributed by atoms with Crippen LogP contribution >= 0.6 is 0 Å². The first-order valence-corrected chi connectivity index (χ1v) is 6.25. The predicted octanol–water partition coefficient (Wildman–Crippen LogP) is 4.25. The van der Waals surface area contributed by atoms with Crippen molar-refractivity contribution in [3.05, 3.63) is 25.3 Å². The van der Waals surface area contributed by atoms with Crippen molar-refractivity contribution in [2.24, 2.45) is 0 Å². The van der Waals surface area contributed by atoms with Crippen LogP contribution in [0.15, 0.2) is 25.3 Å². The molecule has 1 nitrogen and oxygen atoms in total. The third-order valence-corrected chi connectivity index (χ3v) is 3.16. The maximum absolute atomic E-state index is 5.97. The van der Waals surface area contributed by atoms with Crippen LogP contribution in [-0.2, 0) is 4.74 Å². The van der Waals surface area contributed by atoms with Crippen molar-refractivity contribution in [3.63, 3.8) is 0 Å². The second kappa shape index (κ2) is 7.70. The van der Waals surface area contributed by atoms with Gasteiger partial charge in [0, 0.05) is 0 Å². The minimum atomic E-state index is 0.637. The van der Waals surface area contributed by atoms with Gasteiger partial charge in [0.2, 0.25) is 0 Å². The van der Waals surface area contributed by atoms with Gasteiger partial charge in [-0.1, -0.05) is 51.0 Å². The lowest BCUT2D eigenvalue weighted by molar-refractivity contribution is -0.00353. The van der Waals surface area contributed by atoms with Gasteiger partial charge >= 0.3 is 0 Å². The topological polar surface area (TPSA) is 9.23 Å². The first-order valence-electron chi connectivity index (χ1n) is 6.25. The summed E-state index contributed by atoms with van der Waals surface area (Å²) in [6.45, 7) is 6.72. The molecule has 0 N–H and O–H groups in total. The van der Waals surface area contributed by atoms with E-state index in [9.17, 15) is 0 Å². The van der Waals surface area contributed by atoms with Crippen LogP contribution in [0.2, 0.25) is 0 Å². The maximum atomic E-state index is 5.97. The van der Waals surface area contributed by atoms with Gasteiger partial charge in [0.1, 0.15) is 0 Å². The third-order valence-electron chi connectivity index (χ3n) is 3.16. The Morgan fingerprint density at radius 2 is 1.07 bits per heavy atom. The molecule has 0 heterocycles. The molecule has 86 valence electrons. The van der Waals surface area contributed by atoms with E-state index >= 15 is 0 Å². The normalized spacial score (nSPS) is 22.1. The smallest absolute Gasteiger partial charge is 0.0578 e. The van der Waals surface area contributed by atoms with E-state index in [0.717, 1.165) is 0 Å². The zero-order valence-corrected chi connectivity index (χ0v) is 9.79. The summed E-state index contributed by atoms with van der Waals surface area (Å²) in [4.78, 5) is 0. The van der Waals surface area contributed by atoms with Gasteiger partial charge in [0.15, 0.2) is 0 Å². The third kappa shape index (κ3) is 5.17. The van der Waals surface area contributed by atoms with Crippen molar-refractivity contribution in [2.75, 3.05) is 0 Å². The Labute approximate surface area is 94.2 Å². The molecule has 0 bridgehead atoms. The van der Waals surface area contributed by atoms with E-state index in [1.165, 1.54) is 51.4 Å². The summed E-state index contributed by atoms with van der Waals surface area (Å²) in [5, 5.41) is 0. The zero-order chi connectivity index (χ0) is 10.9. The van der Waals surface area contributed by atoms with E-state index in [4.69, 9.17) is 4.74 Å². The largest absolute Gasteiger partial charge is 0.375 e. The van der Waals surface area contributed by atoms with Gasteiger partial charge in [-0.25, -0.2) is 0 Å². The van der Waals surface area contributed by atoms with Crippen molar-refractivity contribution in [2.45, 2.75) is 63.6 Å². The number of rotatable bonds is 3. The second-order valence-corrected chi connectivity index (χ2v) is 4.42. The molecule has 2 fully saturated rings. The Morgan fingerprint density at radius 3 is 1.33 bits per heavy atom. The molecule has 15 heavy (non-hydrogen) atoms. The molecular weight excluding hydrogens is 184 g/mol. The van der Waals surface area contributed by atoms with E-state index in [1.54, 1.807) is 12.2 Å². The van der Waals surface area contributed by atoms with Crippen LogP contribution in [0.3, 0.4) is 0 Å². The SMILES string of the molecule is C1CCC(OC2CCCC2)C1.C=CC=C. The Bertz CT molecular complexity index is 154. The predicted molar refractivity (Wildman–Crippen MR) is 66.0 cm³/mol. The molecular formula is C14H24O. The molecule has 0 aromatic carbocycles. The van der Waals surface area contributed by atoms with Crippen molar-refractivity contribution in [1.29, 1.82) is 0 Å². The van der Waals surface area contributed by atoms with E-state index in [1.807, 2.05) is 0 Å². The van der Waals surface area contributed by atoms with E-state index in [2.05, 4.69) is 13.2 Å². The average molecular weight is 208 g/mol. The first kappa shape index (κ1) is 12.5. The number of hydrogen-bond donors (Lipinski definition) is 0. The highest BCUT2D eigenvalue weighted by molar-refractivity contribution is 4.88. The minimum absolute atomic E-state index is 0.637. The fourth-order valence-corrected chi connectivity index (χ4v) is 2.32. The monoisotopic (exact) mass is 208 g/mol. The highest BCUT2D eigenvalue weighted by Gasteiger charge is 2.22. The first-order chi connectivity index (χ1) is 7.36. The molecule has 0 aromatic heterocycles. The van der Waals surface area contributed by atoms with Gasteiger partial charge < -0.3 is 4.74 Å². The van der Waals surface area contributed by atoms with Crippen LogP contribution in [0.25, 0.3) is 0 Å². The highest BCUT2D eigenvalue weighted by atomic mass is 16.5. The summed E-state index contributed by atoms with van der Waals surface area (Å²) in [6.07, 6.45) is 15.5. The Balaban J connectivity index is 0.000000245. The van der Waals surface area contributed by atoms with Crippen LogP contribution in [0.4, 0.5) is 0 Å². The van der Waals surface area contributed by atoms with Crippen LogP contribution in [0.1, 0.15) is 51.4 Å². The molecule has 0 aromatic rings. The lowest BCUT2D eigenvalue weighted by Gasteiger charge is -2.16. The quantitative estimate of drug-likeness (QED) is 0.630. The van der Waals surface area contributed by atoms with Crippen molar-refractivity contribution >= 4 is 0 Å². The molecule has 0 saturated heterocycles. The summed E-state index contributed by atoms with van der Waals surface area (Å²) >= 11 is 0. The van der Waals surface area contributed by atoms with Crippen molar-refractivity contribution in [1.82, 2.24) is 0 Å². The fourth-order valence-electron chi connectivity index (χ4n) is 2.32. The lowest BCUT2D eigenvalue weighted by Crippen LogP contribution is -2.16. The Kier molecular flexibility index (Phi) is 6.42. The van der Waals surface area contributed by atoms with Gasteiger partial charge in [-0.3, -0.25) is 0 Å². The van der Waals surface area contributed by atoms with Gasteiger partial charge in [-0.15, -0.1) is 0 Å². The molecule has 0 radical (unpaired) electrons. The van der Waals surface area contributed by atoms with E-state index < -0.39 is 0 Å². The summed E-state index contributed by atoms with van der Waals surface area (Å²) in [6, 6.07) is 0. The van der Waals surface area contributed by atoms with Gasteiger partial charge in [0.05, 0.1) is 12.2 Å². The number of hydrogen-bond acceptors (Lipinski definition) is 1. The Hall–Kier alpha value is -0.560. The van der Waals surface area contributed by atoms with E-state index in [0.29, 0.717) is 12.2 Å². The second-order valence-electron chi connectivity index (χ2n) is 4.42. The van der Waals surface area contributed by atoms with Crippen LogP contribution in [-0.4, -0.2) is 12.2 Å². The fraction of sp³-hybridized carbons (Fsp3) is 0.714. The molecule has 2 aliphatic rings. The number of ether oxygens (including phenoxy) is 1. The van der Waals surface area contributed by atoms with Gasteiger partial charge in [-0.2, -0.15) is 0 Å². The molecule has 2 rings (SSSR count). The maximum Gasteiger partial charge on any atom is 0.0578 e.